The number of thioether (sulfide) groups is 1. The van der Waals surface area contributed by atoms with Gasteiger partial charge in [-0.05, 0) is 93.4 Å². The minimum Gasteiger partial charge on any atom is -0.455 e. The molecule has 1 atom stereocenters. The predicted octanol–water partition coefficient (Wildman–Crippen LogP) is 9.00. The summed E-state index contributed by atoms with van der Waals surface area (Å²) in [5.41, 5.74) is 6.85. The number of nitrogens with zero attached hydrogens (tertiary/aromatic N) is 2. The maximum absolute atomic E-state index is 12.9. The number of halogens is 1. The Morgan fingerprint density at radius 2 is 1.79 bits per heavy atom. The van der Waals surface area contributed by atoms with E-state index in [0.717, 1.165) is 48.4 Å². The Hall–Kier alpha value is -3.39. The molecule has 8 heteroatoms. The predicted molar refractivity (Wildman–Crippen MR) is 161 cm³/mol. The Balaban J connectivity index is 1.25. The summed E-state index contributed by atoms with van der Waals surface area (Å²) >= 11 is 9.00. The average molecular weight is 560 g/mol. The molecule has 0 aliphatic carbocycles. The summed E-state index contributed by atoms with van der Waals surface area (Å²) in [6.45, 7) is 8.00. The lowest BCUT2D eigenvalue weighted by Gasteiger charge is -2.15. The van der Waals surface area contributed by atoms with E-state index in [1.807, 2.05) is 75.4 Å². The molecular formula is C30H26ClN3O2S2. The summed E-state index contributed by atoms with van der Waals surface area (Å²) in [7, 11) is 0. The number of aryl methyl sites for hydroxylation is 3. The lowest BCUT2D eigenvalue weighted by Crippen LogP contribution is -2.23. The molecular weight excluding hydrogens is 534 g/mol. The molecule has 5 nitrogen and oxygen atoms in total. The maximum Gasteiger partial charge on any atom is 0.237 e. The maximum atomic E-state index is 12.9. The summed E-state index contributed by atoms with van der Waals surface area (Å²) < 4.78 is 7.77. The van der Waals surface area contributed by atoms with E-state index >= 15 is 0 Å². The number of aliphatic imine (C=N–C) groups is 1. The summed E-state index contributed by atoms with van der Waals surface area (Å²) in [5.74, 6) is 1.38. The lowest BCUT2D eigenvalue weighted by molar-refractivity contribution is -0.115. The van der Waals surface area contributed by atoms with Gasteiger partial charge in [-0.2, -0.15) is 0 Å². The molecule has 1 N–H and O–H groups in total. The summed E-state index contributed by atoms with van der Waals surface area (Å²) in [4.78, 5) is 22.2. The van der Waals surface area contributed by atoms with Gasteiger partial charge in [0, 0.05) is 16.3 Å². The van der Waals surface area contributed by atoms with Crippen LogP contribution in [-0.2, 0) is 4.79 Å². The fraction of sp³-hybridized carbons (Fsp3) is 0.167. The van der Waals surface area contributed by atoms with E-state index in [2.05, 4.69) is 29.4 Å². The molecule has 0 saturated carbocycles. The van der Waals surface area contributed by atoms with E-state index in [1.54, 1.807) is 17.6 Å². The number of carbonyl (C=O) groups excluding carboxylic acids is 1. The lowest BCUT2D eigenvalue weighted by atomic mass is 10.1. The number of hydrogen-bond donors (Lipinski definition) is 1. The molecule has 3 aromatic carbocycles. The van der Waals surface area contributed by atoms with Crippen molar-refractivity contribution in [3.8, 4) is 11.3 Å². The second-order valence-corrected chi connectivity index (χ2v) is 12.2. The summed E-state index contributed by atoms with van der Waals surface area (Å²) in [6.07, 6.45) is 1.71. The standard InChI is InChI=1S/C30H26ClN3O2S2/c1-17-13-18(2)28(19(3)14-17)34-29(35)20(4)37-30-33-25-11-9-23(15-27(25)38-30)32-16-24-10-12-26(36-24)21-5-7-22(31)8-6-21/h5-16,20H,1-4H3,(H,34,35)/t20-/m0/s1. The van der Waals surface area contributed by atoms with Crippen LogP contribution in [0.25, 0.3) is 21.5 Å². The zero-order valence-electron chi connectivity index (χ0n) is 21.4. The van der Waals surface area contributed by atoms with Gasteiger partial charge in [0.25, 0.3) is 0 Å². The Labute approximate surface area is 235 Å². The van der Waals surface area contributed by atoms with Crippen LogP contribution in [-0.4, -0.2) is 22.4 Å². The molecule has 5 aromatic rings. The van der Waals surface area contributed by atoms with Crippen molar-refractivity contribution < 1.29 is 9.21 Å². The van der Waals surface area contributed by atoms with Crippen molar-refractivity contribution in [2.45, 2.75) is 37.3 Å². The van der Waals surface area contributed by atoms with Gasteiger partial charge in [0.1, 0.15) is 11.5 Å². The van der Waals surface area contributed by atoms with Crippen molar-refractivity contribution in [2.75, 3.05) is 5.32 Å². The van der Waals surface area contributed by atoms with Gasteiger partial charge in [0.15, 0.2) is 4.34 Å². The fourth-order valence-electron chi connectivity index (χ4n) is 4.16. The first-order chi connectivity index (χ1) is 18.2. The smallest absolute Gasteiger partial charge is 0.237 e. The van der Waals surface area contributed by atoms with Crippen LogP contribution in [0.5, 0.6) is 0 Å². The first kappa shape index (κ1) is 26.2. The van der Waals surface area contributed by atoms with Gasteiger partial charge in [-0.1, -0.05) is 41.1 Å². The second kappa shape index (κ2) is 11.2. The highest BCUT2D eigenvalue weighted by Gasteiger charge is 2.19. The number of thiazole rings is 1. The Kier molecular flexibility index (Phi) is 7.70. The molecule has 0 fully saturated rings. The van der Waals surface area contributed by atoms with Crippen LogP contribution in [0.4, 0.5) is 11.4 Å². The van der Waals surface area contributed by atoms with Gasteiger partial charge in [-0.3, -0.25) is 9.79 Å². The molecule has 0 radical (unpaired) electrons. The van der Waals surface area contributed by atoms with Crippen molar-refractivity contribution >= 4 is 68.4 Å². The number of nitrogens with one attached hydrogen (secondary N) is 1. The topological polar surface area (TPSA) is 67.5 Å². The van der Waals surface area contributed by atoms with Crippen molar-refractivity contribution in [1.82, 2.24) is 4.98 Å². The van der Waals surface area contributed by atoms with E-state index < -0.39 is 0 Å². The van der Waals surface area contributed by atoms with E-state index in [-0.39, 0.29) is 11.2 Å². The van der Waals surface area contributed by atoms with Crippen LogP contribution < -0.4 is 5.32 Å². The molecule has 1 amide bonds. The normalized spacial score (nSPS) is 12.3. The quantitative estimate of drug-likeness (QED) is 0.159. The number of aromatic nitrogens is 1. The van der Waals surface area contributed by atoms with E-state index in [9.17, 15) is 4.79 Å². The highest BCUT2D eigenvalue weighted by atomic mass is 35.5. The number of fused-ring (bicyclic) bond motifs is 1. The Bertz CT molecular complexity index is 1630. The van der Waals surface area contributed by atoms with Crippen molar-refractivity contribution in [1.29, 1.82) is 0 Å². The third-order valence-electron chi connectivity index (χ3n) is 6.02. The minimum absolute atomic E-state index is 0.0361. The third-order valence-corrected chi connectivity index (χ3v) is 8.48. The Morgan fingerprint density at radius 1 is 1.05 bits per heavy atom. The zero-order chi connectivity index (χ0) is 26.8. The van der Waals surface area contributed by atoms with Gasteiger partial charge >= 0.3 is 0 Å². The molecule has 0 bridgehead atoms. The van der Waals surface area contributed by atoms with Crippen LogP contribution in [0.2, 0.25) is 5.02 Å². The molecule has 5 rings (SSSR count). The molecule has 192 valence electrons. The first-order valence-electron chi connectivity index (χ1n) is 12.1. The van der Waals surface area contributed by atoms with Crippen LogP contribution >= 0.6 is 34.7 Å². The largest absolute Gasteiger partial charge is 0.455 e. The molecule has 0 spiro atoms. The number of benzene rings is 3. The van der Waals surface area contributed by atoms with Gasteiger partial charge in [0.2, 0.25) is 5.91 Å². The fourth-order valence-corrected chi connectivity index (χ4v) is 6.53. The SMILES string of the molecule is Cc1cc(C)c(NC(=O)[C@H](C)Sc2nc3ccc(N=Cc4ccc(-c5ccc(Cl)cc5)o4)cc3s2)c(C)c1. The van der Waals surface area contributed by atoms with Crippen LogP contribution in [0.15, 0.2) is 80.5 Å². The van der Waals surface area contributed by atoms with Crippen LogP contribution in [0.3, 0.4) is 0 Å². The monoisotopic (exact) mass is 559 g/mol. The highest BCUT2D eigenvalue weighted by Crippen LogP contribution is 2.35. The van der Waals surface area contributed by atoms with Crippen LogP contribution in [0, 0.1) is 20.8 Å². The number of carbonyl (C=O) groups is 1. The number of rotatable bonds is 7. The molecule has 0 aliphatic heterocycles. The van der Waals surface area contributed by atoms with Gasteiger partial charge in [-0.25, -0.2) is 4.98 Å². The minimum atomic E-state index is -0.290. The van der Waals surface area contributed by atoms with Gasteiger partial charge in [-0.15, -0.1) is 11.3 Å². The zero-order valence-corrected chi connectivity index (χ0v) is 23.8. The third kappa shape index (κ3) is 6.01. The summed E-state index contributed by atoms with van der Waals surface area (Å²) in [5, 5.41) is 3.50. The van der Waals surface area contributed by atoms with E-state index in [4.69, 9.17) is 21.0 Å². The second-order valence-electron chi connectivity index (χ2n) is 9.12. The van der Waals surface area contributed by atoms with Gasteiger partial charge in [0.05, 0.1) is 27.4 Å². The molecule has 0 aliphatic rings. The highest BCUT2D eigenvalue weighted by molar-refractivity contribution is 8.02. The number of hydrogen-bond acceptors (Lipinski definition) is 6. The van der Waals surface area contributed by atoms with Crippen molar-refractivity contribution in [3.63, 3.8) is 0 Å². The Morgan fingerprint density at radius 3 is 2.53 bits per heavy atom. The number of furan rings is 1. The summed E-state index contributed by atoms with van der Waals surface area (Å²) in [6, 6.07) is 21.4. The molecule has 0 unspecified atom stereocenters. The van der Waals surface area contributed by atoms with Crippen LogP contribution in [0.1, 0.15) is 29.4 Å². The first-order valence-corrected chi connectivity index (χ1v) is 14.2. The number of anilines is 1. The molecule has 2 heterocycles. The number of amides is 1. The molecule has 2 aromatic heterocycles. The molecule has 38 heavy (non-hydrogen) atoms. The van der Waals surface area contributed by atoms with Gasteiger partial charge < -0.3 is 9.73 Å². The molecule has 0 saturated heterocycles. The average Bonchev–Trinajstić information content (AvgIpc) is 3.51. The van der Waals surface area contributed by atoms with Crippen molar-refractivity contribution in [3.05, 3.63) is 94.2 Å². The van der Waals surface area contributed by atoms with E-state index in [1.165, 1.54) is 17.3 Å². The van der Waals surface area contributed by atoms with E-state index in [0.29, 0.717) is 10.8 Å². The van der Waals surface area contributed by atoms with Crippen molar-refractivity contribution in [2.24, 2.45) is 4.99 Å².